The fourth-order valence-electron chi connectivity index (χ4n) is 3.64. The molecule has 7 heteroatoms. The number of quaternary nitrogens is 1. The highest BCUT2D eigenvalue weighted by Crippen LogP contribution is 2.19. The summed E-state index contributed by atoms with van der Waals surface area (Å²) in [7, 11) is 1.64. The number of aliphatic hydroxyl groups is 1. The summed E-state index contributed by atoms with van der Waals surface area (Å²) in [6.45, 7) is 8.17. The highest BCUT2D eigenvalue weighted by Gasteiger charge is 2.26. The van der Waals surface area contributed by atoms with E-state index in [9.17, 15) is 9.90 Å². The summed E-state index contributed by atoms with van der Waals surface area (Å²) in [6.07, 6.45) is 0.689. The zero-order valence-electron chi connectivity index (χ0n) is 17.7. The van der Waals surface area contributed by atoms with E-state index in [1.807, 2.05) is 45.0 Å². The van der Waals surface area contributed by atoms with Gasteiger partial charge in [-0.25, -0.2) is 4.98 Å². The maximum Gasteiger partial charge on any atom is 0.260 e. The first-order chi connectivity index (χ1) is 13.7. The molecule has 0 fully saturated rings. The van der Waals surface area contributed by atoms with E-state index in [2.05, 4.69) is 4.98 Å². The number of aliphatic hydroxyl groups excluding tert-OH is 1. The van der Waals surface area contributed by atoms with Gasteiger partial charge in [0.15, 0.2) is 0 Å². The fraction of sp³-hybridized carbons (Fsp3) is 0.545. The van der Waals surface area contributed by atoms with Gasteiger partial charge in [0.1, 0.15) is 30.8 Å². The molecule has 7 nitrogen and oxygen atoms in total. The second-order valence-electron chi connectivity index (χ2n) is 8.63. The molecule has 2 atom stereocenters. The molecule has 158 valence electrons. The quantitative estimate of drug-likeness (QED) is 0.627. The fourth-order valence-corrected chi connectivity index (χ4v) is 3.64. The van der Waals surface area contributed by atoms with Crippen LogP contribution in [0.4, 0.5) is 0 Å². The molecule has 0 spiro atoms. The highest BCUT2D eigenvalue weighted by molar-refractivity contribution is 5.35. The molecule has 1 aromatic heterocycles. The second-order valence-corrected chi connectivity index (χ2v) is 8.63. The van der Waals surface area contributed by atoms with Crippen molar-refractivity contribution >= 4 is 0 Å². The van der Waals surface area contributed by atoms with Crippen molar-refractivity contribution in [1.29, 1.82) is 0 Å². The number of nitrogens with one attached hydrogen (secondary N) is 2. The SMILES string of the molecule is COc1ccccc1Cc1nc2c(c(=O)[nH]1)C[NH+](C[C@@H](O)COC(C)(C)C)CC2. The molecule has 0 aliphatic carbocycles. The number of aromatic amines is 1. The van der Waals surface area contributed by atoms with E-state index in [4.69, 9.17) is 14.5 Å². The van der Waals surface area contributed by atoms with Crippen molar-refractivity contribution < 1.29 is 19.5 Å². The van der Waals surface area contributed by atoms with Crippen molar-refractivity contribution in [2.75, 3.05) is 26.8 Å². The maximum absolute atomic E-state index is 12.7. The summed E-state index contributed by atoms with van der Waals surface area (Å²) >= 11 is 0. The van der Waals surface area contributed by atoms with Crippen molar-refractivity contribution in [3.05, 3.63) is 57.3 Å². The lowest BCUT2D eigenvalue weighted by Gasteiger charge is -2.28. The van der Waals surface area contributed by atoms with E-state index in [-0.39, 0.29) is 11.2 Å². The molecule has 2 aromatic rings. The van der Waals surface area contributed by atoms with Gasteiger partial charge >= 0.3 is 0 Å². The van der Waals surface area contributed by atoms with Crippen LogP contribution in [0.1, 0.15) is 43.4 Å². The lowest BCUT2D eigenvalue weighted by atomic mass is 10.1. The summed E-state index contributed by atoms with van der Waals surface area (Å²) in [4.78, 5) is 21.5. The predicted molar refractivity (Wildman–Crippen MR) is 110 cm³/mol. The van der Waals surface area contributed by atoms with Gasteiger partial charge in [-0.1, -0.05) is 18.2 Å². The first-order valence-corrected chi connectivity index (χ1v) is 10.1. The molecule has 0 bridgehead atoms. The summed E-state index contributed by atoms with van der Waals surface area (Å²) in [5.41, 5.74) is 2.21. The molecule has 1 unspecified atom stereocenters. The van der Waals surface area contributed by atoms with Gasteiger partial charge in [-0.05, 0) is 26.8 Å². The molecular formula is C22H32N3O4+. The normalized spacial score (nSPS) is 17.6. The molecular weight excluding hydrogens is 370 g/mol. The van der Waals surface area contributed by atoms with E-state index in [1.165, 1.54) is 4.90 Å². The minimum atomic E-state index is -0.553. The lowest BCUT2D eigenvalue weighted by molar-refractivity contribution is -0.919. The van der Waals surface area contributed by atoms with Gasteiger partial charge in [-0.15, -0.1) is 0 Å². The third kappa shape index (κ3) is 5.88. The van der Waals surface area contributed by atoms with E-state index in [0.717, 1.165) is 35.5 Å². The van der Waals surface area contributed by atoms with Crippen LogP contribution in [0, 0.1) is 0 Å². The molecule has 1 aliphatic heterocycles. The number of para-hydroxylation sites is 1. The summed E-state index contributed by atoms with van der Waals surface area (Å²) in [5.74, 6) is 1.44. The predicted octanol–water partition coefficient (Wildman–Crippen LogP) is 0.486. The Morgan fingerprint density at radius 2 is 2.07 bits per heavy atom. The van der Waals surface area contributed by atoms with Crippen LogP contribution in [-0.4, -0.2) is 53.6 Å². The van der Waals surface area contributed by atoms with Crippen molar-refractivity contribution in [2.45, 2.75) is 51.9 Å². The third-order valence-corrected chi connectivity index (χ3v) is 5.08. The monoisotopic (exact) mass is 402 g/mol. The van der Waals surface area contributed by atoms with Crippen LogP contribution in [0.25, 0.3) is 0 Å². The molecule has 1 aromatic carbocycles. The topological polar surface area (TPSA) is 88.9 Å². The Balaban J connectivity index is 1.67. The smallest absolute Gasteiger partial charge is 0.260 e. The molecule has 0 saturated carbocycles. The van der Waals surface area contributed by atoms with Crippen molar-refractivity contribution in [3.8, 4) is 5.75 Å². The zero-order valence-corrected chi connectivity index (χ0v) is 17.7. The number of aromatic nitrogens is 2. The summed E-state index contributed by atoms with van der Waals surface area (Å²) < 4.78 is 11.1. The van der Waals surface area contributed by atoms with E-state index in [1.54, 1.807) is 7.11 Å². The maximum atomic E-state index is 12.7. The van der Waals surface area contributed by atoms with Crippen LogP contribution in [0.2, 0.25) is 0 Å². The number of benzene rings is 1. The first kappa shape index (κ1) is 21.5. The average Bonchev–Trinajstić information content (AvgIpc) is 2.67. The Morgan fingerprint density at radius 3 is 2.79 bits per heavy atom. The van der Waals surface area contributed by atoms with Crippen molar-refractivity contribution in [1.82, 2.24) is 9.97 Å². The summed E-state index contributed by atoms with van der Waals surface area (Å²) in [5, 5.41) is 10.3. The number of fused-ring (bicyclic) bond motifs is 1. The van der Waals surface area contributed by atoms with Gasteiger partial charge in [0, 0.05) is 18.4 Å². The molecule has 2 heterocycles. The third-order valence-electron chi connectivity index (χ3n) is 5.08. The van der Waals surface area contributed by atoms with Crippen LogP contribution < -0.4 is 15.2 Å². The molecule has 3 rings (SSSR count). The largest absolute Gasteiger partial charge is 0.496 e. The van der Waals surface area contributed by atoms with Crippen LogP contribution in [0.5, 0.6) is 5.75 Å². The number of hydrogen-bond donors (Lipinski definition) is 3. The first-order valence-electron chi connectivity index (χ1n) is 10.1. The molecule has 0 radical (unpaired) electrons. The standard InChI is InChI=1S/C22H31N3O4/c1-22(2,3)29-14-16(26)12-25-10-9-18-17(13-25)21(27)24-20(23-18)11-15-7-5-6-8-19(15)28-4/h5-8,16,26H,9-14H2,1-4H3,(H,23,24,27)/p+1/t16-/m1/s1. The number of methoxy groups -OCH3 is 1. The number of ether oxygens (including phenoxy) is 2. The van der Waals surface area contributed by atoms with Gasteiger partial charge in [-0.2, -0.15) is 0 Å². The van der Waals surface area contributed by atoms with Crippen LogP contribution in [0.3, 0.4) is 0 Å². The number of nitrogens with zero attached hydrogens (tertiary/aromatic N) is 1. The highest BCUT2D eigenvalue weighted by atomic mass is 16.5. The molecule has 0 saturated heterocycles. The molecule has 1 aliphatic rings. The lowest BCUT2D eigenvalue weighted by Crippen LogP contribution is -3.13. The van der Waals surface area contributed by atoms with Gasteiger partial charge < -0.3 is 24.5 Å². The number of hydrogen-bond acceptors (Lipinski definition) is 5. The molecule has 0 amide bonds. The van der Waals surface area contributed by atoms with E-state index < -0.39 is 6.10 Å². The van der Waals surface area contributed by atoms with Crippen LogP contribution >= 0.6 is 0 Å². The second kappa shape index (κ2) is 9.07. The minimum absolute atomic E-state index is 0.0856. The van der Waals surface area contributed by atoms with Gasteiger partial charge in [-0.3, -0.25) is 4.79 Å². The zero-order chi connectivity index (χ0) is 21.0. The minimum Gasteiger partial charge on any atom is -0.496 e. The van der Waals surface area contributed by atoms with Crippen LogP contribution in [0.15, 0.2) is 29.1 Å². The van der Waals surface area contributed by atoms with E-state index in [0.29, 0.717) is 31.9 Å². The Hall–Kier alpha value is -2.22. The van der Waals surface area contributed by atoms with Crippen molar-refractivity contribution in [2.24, 2.45) is 0 Å². The van der Waals surface area contributed by atoms with Gasteiger partial charge in [0.05, 0.1) is 37.1 Å². The Kier molecular flexibility index (Phi) is 6.72. The Bertz CT molecular complexity index is 888. The van der Waals surface area contributed by atoms with E-state index >= 15 is 0 Å². The Morgan fingerprint density at radius 1 is 1.31 bits per heavy atom. The molecule has 29 heavy (non-hydrogen) atoms. The average molecular weight is 403 g/mol. The number of H-pyrrole nitrogens is 1. The van der Waals surface area contributed by atoms with Gasteiger partial charge in [0.25, 0.3) is 5.56 Å². The Labute approximate surface area is 171 Å². The number of rotatable bonds is 7. The van der Waals surface area contributed by atoms with Gasteiger partial charge in [0.2, 0.25) is 0 Å². The van der Waals surface area contributed by atoms with Crippen LogP contribution in [-0.2, 0) is 24.1 Å². The summed E-state index contributed by atoms with van der Waals surface area (Å²) in [6, 6.07) is 7.75. The molecule has 3 N–H and O–H groups in total. The van der Waals surface area contributed by atoms with Crippen molar-refractivity contribution in [3.63, 3.8) is 0 Å².